The summed E-state index contributed by atoms with van der Waals surface area (Å²) in [4.78, 5) is 16.6. The molecule has 1 saturated heterocycles. The number of primary sulfonamides is 1. The van der Waals surface area contributed by atoms with Crippen LogP contribution in [0.3, 0.4) is 0 Å². The molecular weight excluding hydrogens is 365 g/mol. The predicted octanol–water partition coefficient (Wildman–Crippen LogP) is 2.36. The number of thioether (sulfide) groups is 1. The van der Waals surface area contributed by atoms with Gasteiger partial charge in [0.2, 0.25) is 10.0 Å². The summed E-state index contributed by atoms with van der Waals surface area (Å²) >= 11 is 1.14. The molecule has 9 heteroatoms. The second-order valence-corrected chi connectivity index (χ2v) is 7.66. The van der Waals surface area contributed by atoms with Crippen molar-refractivity contribution in [1.82, 2.24) is 5.32 Å². The fraction of sp³-hybridized carbons (Fsp3) is 0. The number of carbonyl (C=O) groups excluding carboxylic acids is 1. The van der Waals surface area contributed by atoms with Gasteiger partial charge in [0, 0.05) is 0 Å². The number of rotatable bonds is 3. The highest BCUT2D eigenvalue weighted by Crippen LogP contribution is 2.28. The topological polar surface area (TPSA) is 102 Å². The van der Waals surface area contributed by atoms with E-state index < -0.39 is 10.0 Å². The largest absolute Gasteiger partial charge is 0.300 e. The Bertz CT molecular complexity index is 982. The van der Waals surface area contributed by atoms with Gasteiger partial charge < -0.3 is 5.32 Å². The van der Waals surface area contributed by atoms with Crippen molar-refractivity contribution in [2.75, 3.05) is 0 Å². The minimum Gasteiger partial charge on any atom is -0.300 e. The number of nitrogens with zero attached hydrogens (tertiary/aromatic N) is 1. The van der Waals surface area contributed by atoms with Crippen molar-refractivity contribution in [3.05, 3.63) is 64.8 Å². The van der Waals surface area contributed by atoms with Crippen LogP contribution in [0.1, 0.15) is 5.56 Å². The van der Waals surface area contributed by atoms with Crippen molar-refractivity contribution in [3.8, 4) is 0 Å². The monoisotopic (exact) mass is 377 g/mol. The number of aliphatic imine (C=N–C) groups is 1. The Balaban J connectivity index is 1.80. The number of amides is 1. The van der Waals surface area contributed by atoms with Crippen molar-refractivity contribution in [1.29, 1.82) is 0 Å². The van der Waals surface area contributed by atoms with Gasteiger partial charge in [0.15, 0.2) is 5.17 Å². The number of amidine groups is 1. The Hall–Kier alpha value is -2.49. The maximum Gasteiger partial charge on any atom is 0.264 e. The van der Waals surface area contributed by atoms with Crippen LogP contribution in [-0.4, -0.2) is 19.5 Å². The molecule has 1 amide bonds. The maximum atomic E-state index is 12.9. The Labute approximate surface area is 147 Å². The molecular formula is C16H12FN3O3S2. The van der Waals surface area contributed by atoms with Crippen molar-refractivity contribution >= 4 is 44.6 Å². The molecule has 0 aromatic heterocycles. The molecule has 1 aliphatic heterocycles. The number of carbonyl (C=O) groups is 1. The van der Waals surface area contributed by atoms with E-state index in [-0.39, 0.29) is 16.6 Å². The molecule has 0 bridgehead atoms. The number of hydrogen-bond acceptors (Lipinski definition) is 5. The van der Waals surface area contributed by atoms with Gasteiger partial charge in [0.25, 0.3) is 5.91 Å². The zero-order chi connectivity index (χ0) is 18.0. The number of nitrogens with two attached hydrogens (primary N) is 1. The van der Waals surface area contributed by atoms with Crippen LogP contribution < -0.4 is 10.5 Å². The lowest BCUT2D eigenvalue weighted by molar-refractivity contribution is -0.115. The molecule has 2 aromatic carbocycles. The van der Waals surface area contributed by atoms with E-state index >= 15 is 0 Å². The molecule has 1 aliphatic rings. The van der Waals surface area contributed by atoms with E-state index in [1.807, 2.05) is 0 Å². The Morgan fingerprint density at radius 2 is 1.72 bits per heavy atom. The van der Waals surface area contributed by atoms with Crippen LogP contribution >= 0.6 is 11.8 Å². The van der Waals surface area contributed by atoms with Gasteiger partial charge in [-0.1, -0.05) is 12.1 Å². The first kappa shape index (κ1) is 17.3. The van der Waals surface area contributed by atoms with E-state index in [0.717, 1.165) is 11.8 Å². The average Bonchev–Trinajstić information content (AvgIpc) is 2.89. The van der Waals surface area contributed by atoms with Gasteiger partial charge in [-0.25, -0.2) is 22.9 Å². The second kappa shape index (κ2) is 6.79. The van der Waals surface area contributed by atoms with E-state index in [4.69, 9.17) is 5.14 Å². The SMILES string of the molecule is NS(=O)(=O)c1ccc(N=C2NC(=O)C(=Cc3ccc(F)cc3)S2)cc1. The standard InChI is InChI=1S/C16H12FN3O3S2/c17-11-3-1-10(2-4-11)9-14-15(21)20-16(24-14)19-12-5-7-13(8-6-12)25(18,22)23/h1-9H,(H2,18,22,23)(H,19,20,21). The fourth-order valence-corrected chi connectivity index (χ4v) is 3.38. The van der Waals surface area contributed by atoms with Gasteiger partial charge in [0.1, 0.15) is 5.82 Å². The summed E-state index contributed by atoms with van der Waals surface area (Å²) < 4.78 is 35.4. The number of nitrogens with one attached hydrogen (secondary N) is 1. The normalized spacial score (nSPS) is 17.9. The lowest BCUT2D eigenvalue weighted by Crippen LogP contribution is -2.19. The zero-order valence-corrected chi connectivity index (χ0v) is 14.3. The van der Waals surface area contributed by atoms with Crippen molar-refractivity contribution < 1.29 is 17.6 Å². The molecule has 1 fully saturated rings. The Morgan fingerprint density at radius 3 is 2.32 bits per heavy atom. The molecule has 6 nitrogen and oxygen atoms in total. The van der Waals surface area contributed by atoms with E-state index in [1.165, 1.54) is 36.4 Å². The first-order chi connectivity index (χ1) is 11.8. The van der Waals surface area contributed by atoms with Gasteiger partial charge in [-0.15, -0.1) is 0 Å². The van der Waals surface area contributed by atoms with Crippen LogP contribution in [0.5, 0.6) is 0 Å². The van der Waals surface area contributed by atoms with E-state index in [2.05, 4.69) is 10.3 Å². The summed E-state index contributed by atoms with van der Waals surface area (Å²) in [7, 11) is -3.76. The van der Waals surface area contributed by atoms with E-state index in [1.54, 1.807) is 18.2 Å². The van der Waals surface area contributed by atoms with Gasteiger partial charge in [-0.05, 0) is 59.8 Å². The first-order valence-electron chi connectivity index (χ1n) is 6.99. The van der Waals surface area contributed by atoms with E-state index in [9.17, 15) is 17.6 Å². The van der Waals surface area contributed by atoms with Crippen LogP contribution in [0.4, 0.5) is 10.1 Å². The summed E-state index contributed by atoms with van der Waals surface area (Å²) in [5.41, 5.74) is 1.16. The molecule has 0 saturated carbocycles. The third kappa shape index (κ3) is 4.32. The molecule has 25 heavy (non-hydrogen) atoms. The second-order valence-electron chi connectivity index (χ2n) is 5.07. The van der Waals surface area contributed by atoms with Crippen molar-refractivity contribution in [3.63, 3.8) is 0 Å². The maximum absolute atomic E-state index is 12.9. The lowest BCUT2D eigenvalue weighted by Gasteiger charge is -1.99. The Kier molecular flexibility index (Phi) is 4.71. The van der Waals surface area contributed by atoms with Gasteiger partial charge in [-0.3, -0.25) is 4.79 Å². The number of halogens is 1. The fourth-order valence-electron chi connectivity index (χ4n) is 2.02. The third-order valence-corrected chi connectivity index (χ3v) is 5.05. The van der Waals surface area contributed by atoms with Crippen molar-refractivity contribution in [2.45, 2.75) is 4.90 Å². The number of sulfonamides is 1. The highest BCUT2D eigenvalue weighted by atomic mass is 32.2. The zero-order valence-electron chi connectivity index (χ0n) is 12.6. The van der Waals surface area contributed by atoms with Crippen LogP contribution in [0.15, 0.2) is 63.3 Å². The van der Waals surface area contributed by atoms with E-state index in [0.29, 0.717) is 21.3 Å². The molecule has 128 valence electrons. The predicted molar refractivity (Wildman–Crippen MR) is 95.0 cm³/mol. The molecule has 1 heterocycles. The quantitative estimate of drug-likeness (QED) is 0.802. The molecule has 0 aliphatic carbocycles. The van der Waals surface area contributed by atoms with Crippen LogP contribution in [0.25, 0.3) is 6.08 Å². The van der Waals surface area contributed by atoms with Gasteiger partial charge in [-0.2, -0.15) is 0 Å². The molecule has 0 atom stereocenters. The summed E-state index contributed by atoms with van der Waals surface area (Å²) in [5.74, 6) is -0.662. The van der Waals surface area contributed by atoms with Gasteiger partial charge >= 0.3 is 0 Å². The molecule has 2 aromatic rings. The molecule has 0 spiro atoms. The summed E-state index contributed by atoms with van der Waals surface area (Å²) in [6.07, 6.45) is 1.63. The molecule has 0 radical (unpaired) electrons. The third-order valence-electron chi connectivity index (χ3n) is 3.21. The molecule has 3 rings (SSSR count). The summed E-state index contributed by atoms with van der Waals surface area (Å²) in [6, 6.07) is 11.4. The average molecular weight is 377 g/mol. The number of benzene rings is 2. The first-order valence-corrected chi connectivity index (χ1v) is 9.35. The highest BCUT2D eigenvalue weighted by molar-refractivity contribution is 8.18. The minimum atomic E-state index is -3.76. The van der Waals surface area contributed by atoms with Crippen LogP contribution in [0.2, 0.25) is 0 Å². The van der Waals surface area contributed by atoms with Crippen LogP contribution in [0, 0.1) is 5.82 Å². The molecule has 0 unspecified atom stereocenters. The molecule has 3 N–H and O–H groups in total. The smallest absolute Gasteiger partial charge is 0.264 e. The van der Waals surface area contributed by atoms with Gasteiger partial charge in [0.05, 0.1) is 15.5 Å². The Morgan fingerprint density at radius 1 is 1.08 bits per heavy atom. The van der Waals surface area contributed by atoms with Crippen LogP contribution in [-0.2, 0) is 14.8 Å². The summed E-state index contributed by atoms with van der Waals surface area (Å²) in [5, 5.41) is 8.01. The highest BCUT2D eigenvalue weighted by Gasteiger charge is 2.23. The minimum absolute atomic E-state index is 0.0172. The van der Waals surface area contributed by atoms with Crippen molar-refractivity contribution in [2.24, 2.45) is 10.1 Å². The number of hydrogen-bond donors (Lipinski definition) is 2. The summed E-state index contributed by atoms with van der Waals surface area (Å²) in [6.45, 7) is 0. The lowest BCUT2D eigenvalue weighted by atomic mass is 10.2.